The van der Waals surface area contributed by atoms with Crippen LogP contribution in [0.3, 0.4) is 0 Å². The molecule has 0 unspecified atom stereocenters. The predicted molar refractivity (Wildman–Crippen MR) is 171 cm³/mol. The lowest BCUT2D eigenvalue weighted by Gasteiger charge is -2.45. The monoisotopic (exact) mass is 715 g/mol. The molecule has 0 atom stereocenters. The molecule has 2 amide bonds. The van der Waals surface area contributed by atoms with Gasteiger partial charge in [-0.25, -0.2) is 9.37 Å². The highest BCUT2D eigenvalue weighted by Crippen LogP contribution is 2.44. The molecule has 17 heteroatoms. The highest BCUT2D eigenvalue weighted by atomic mass is 35.5. The molecule has 7 rings (SSSR count). The van der Waals surface area contributed by atoms with E-state index in [2.05, 4.69) is 20.4 Å². The number of halogens is 5. The molecule has 2 aliphatic heterocycles. The summed E-state index contributed by atoms with van der Waals surface area (Å²) in [6.45, 7) is 0.824. The fourth-order valence-electron chi connectivity index (χ4n) is 7.17. The molecule has 3 aliphatic rings. The van der Waals surface area contributed by atoms with E-state index in [9.17, 15) is 37.1 Å². The number of pyridine rings is 1. The number of hydrogen-bond acceptors (Lipinski definition) is 8. The molecule has 1 saturated heterocycles. The largest absolute Gasteiger partial charge is 0.505 e. The molecule has 2 N–H and O–H groups in total. The van der Waals surface area contributed by atoms with Gasteiger partial charge >= 0.3 is 6.18 Å². The third-order valence-electron chi connectivity index (χ3n) is 9.63. The molecule has 1 aliphatic carbocycles. The van der Waals surface area contributed by atoms with Crippen molar-refractivity contribution >= 4 is 40.5 Å². The Hall–Kier alpha value is -4.83. The van der Waals surface area contributed by atoms with Crippen molar-refractivity contribution in [1.29, 1.82) is 0 Å². The van der Waals surface area contributed by atoms with Crippen molar-refractivity contribution in [2.24, 2.45) is 0 Å². The Morgan fingerprint density at radius 1 is 1.14 bits per heavy atom. The van der Waals surface area contributed by atoms with Gasteiger partial charge < -0.3 is 24.6 Å². The summed E-state index contributed by atoms with van der Waals surface area (Å²) in [5.74, 6) is -2.49. The molecule has 12 nitrogen and oxygen atoms in total. The molecule has 4 aromatic rings. The van der Waals surface area contributed by atoms with Crippen LogP contribution in [0.2, 0.25) is 5.02 Å². The third-order valence-corrected chi connectivity index (χ3v) is 9.93. The number of rotatable bonds is 5. The Kier molecular flexibility index (Phi) is 8.62. The standard InChI is InChI=1S/C33H30ClF4N7O5/c34-20-15-19(33(36,37)38)16-21(35)26(20)40-24(47)17-44-22-3-1-7-32(8-11-43(12-9-32)30(49)27-23(46)4-2-10-39-27)25(22)29(48)45-31(44)41-28(42-45)18-5-13-50-14-6-18/h2,4-5,10,15-16,46H,1,3,6-9,11-14,17H2,(H,40,47). The number of nitrogens with zero attached hydrogens (tertiary/aromatic N) is 6. The van der Waals surface area contributed by atoms with E-state index in [1.807, 2.05) is 6.08 Å². The van der Waals surface area contributed by atoms with E-state index in [4.69, 9.17) is 16.3 Å². The molecular weight excluding hydrogens is 686 g/mol. The van der Waals surface area contributed by atoms with Gasteiger partial charge in [0.05, 0.1) is 29.5 Å². The zero-order valence-electron chi connectivity index (χ0n) is 26.4. The van der Waals surface area contributed by atoms with Gasteiger partial charge in [0.2, 0.25) is 11.7 Å². The zero-order chi connectivity index (χ0) is 35.4. The first-order chi connectivity index (χ1) is 23.9. The minimum Gasteiger partial charge on any atom is -0.505 e. The van der Waals surface area contributed by atoms with E-state index in [1.54, 1.807) is 9.47 Å². The second kappa shape index (κ2) is 12.8. The first-order valence-corrected chi connectivity index (χ1v) is 16.3. The number of piperidine rings is 1. The summed E-state index contributed by atoms with van der Waals surface area (Å²) in [7, 11) is 0. The first-order valence-electron chi connectivity index (χ1n) is 16.0. The number of ether oxygens (including phenoxy) is 1. The first kappa shape index (κ1) is 33.7. The number of anilines is 1. The Balaban J connectivity index is 1.27. The van der Waals surface area contributed by atoms with Crippen LogP contribution >= 0.6 is 11.6 Å². The van der Waals surface area contributed by atoms with Gasteiger partial charge in [0.1, 0.15) is 18.1 Å². The van der Waals surface area contributed by atoms with E-state index in [1.165, 1.54) is 18.3 Å². The number of carbonyl (C=O) groups is 2. The molecule has 0 bridgehead atoms. The number of aromatic hydroxyl groups is 1. The van der Waals surface area contributed by atoms with Crippen molar-refractivity contribution in [2.45, 2.75) is 56.7 Å². The van der Waals surface area contributed by atoms with Crippen LogP contribution < -0.4 is 10.9 Å². The summed E-state index contributed by atoms with van der Waals surface area (Å²) in [5, 5.41) is 16.4. The fourth-order valence-corrected chi connectivity index (χ4v) is 7.43. The van der Waals surface area contributed by atoms with Crippen molar-refractivity contribution in [3.63, 3.8) is 0 Å². The molecule has 3 aromatic heterocycles. The van der Waals surface area contributed by atoms with Crippen molar-refractivity contribution in [1.82, 2.24) is 29.0 Å². The summed E-state index contributed by atoms with van der Waals surface area (Å²) < 4.78 is 62.6. The van der Waals surface area contributed by atoms with Crippen molar-refractivity contribution < 1.29 is 37.0 Å². The molecule has 1 aromatic carbocycles. The van der Waals surface area contributed by atoms with Crippen LogP contribution in [-0.2, 0) is 34.1 Å². The zero-order valence-corrected chi connectivity index (χ0v) is 27.2. The van der Waals surface area contributed by atoms with Crippen LogP contribution in [0.25, 0.3) is 11.4 Å². The van der Waals surface area contributed by atoms with Gasteiger partial charge in [-0.1, -0.05) is 17.7 Å². The van der Waals surface area contributed by atoms with Crippen LogP contribution in [0.4, 0.5) is 23.2 Å². The predicted octanol–water partition coefficient (Wildman–Crippen LogP) is 4.76. The molecule has 262 valence electrons. The minimum absolute atomic E-state index is 0.0651. The van der Waals surface area contributed by atoms with E-state index < -0.39 is 57.6 Å². The van der Waals surface area contributed by atoms with Gasteiger partial charge in [0.25, 0.3) is 11.5 Å². The number of nitrogens with one attached hydrogen (secondary N) is 1. The highest BCUT2D eigenvalue weighted by Gasteiger charge is 2.45. The lowest BCUT2D eigenvalue weighted by Crippen LogP contribution is -2.50. The molecule has 5 heterocycles. The summed E-state index contributed by atoms with van der Waals surface area (Å²) in [6.07, 6.45) is 1.35. The lowest BCUT2D eigenvalue weighted by atomic mass is 9.66. The van der Waals surface area contributed by atoms with Crippen LogP contribution in [0.1, 0.15) is 65.2 Å². The molecule has 0 radical (unpaired) electrons. The molecule has 1 spiro atoms. The maximum absolute atomic E-state index is 14.9. The number of amides is 2. The smallest absolute Gasteiger partial charge is 0.416 e. The second-order valence-electron chi connectivity index (χ2n) is 12.6. The minimum atomic E-state index is -4.85. The van der Waals surface area contributed by atoms with Gasteiger partial charge in [-0.05, 0) is 68.4 Å². The van der Waals surface area contributed by atoms with Crippen LogP contribution in [-0.4, -0.2) is 72.3 Å². The van der Waals surface area contributed by atoms with Crippen molar-refractivity contribution in [3.8, 4) is 5.75 Å². The van der Waals surface area contributed by atoms with E-state index in [0.29, 0.717) is 69.1 Å². The number of benzene rings is 1. The SMILES string of the molecule is O=C(Cn1c2c(c(=O)n3nc(C4=CCOCC4)nc13)C1(CCC2)CCN(C(=O)c2ncccc2O)CC1)Nc1c(F)cc(C(F)(F)F)cc1Cl. The number of carbonyl (C=O) groups excluding carboxylic acids is 2. The van der Waals surface area contributed by atoms with E-state index in [0.717, 1.165) is 10.1 Å². The number of alkyl halides is 3. The lowest BCUT2D eigenvalue weighted by molar-refractivity contribution is -0.137. The Bertz CT molecular complexity index is 2100. The molecule has 50 heavy (non-hydrogen) atoms. The number of fused-ring (bicyclic) bond motifs is 3. The summed E-state index contributed by atoms with van der Waals surface area (Å²) in [5.41, 5.74) is -1.35. The topological polar surface area (TPSA) is 144 Å². The van der Waals surface area contributed by atoms with Gasteiger partial charge in [0.15, 0.2) is 11.5 Å². The fraction of sp³-hybridized carbons (Fsp3) is 0.394. The van der Waals surface area contributed by atoms with Gasteiger partial charge in [-0.3, -0.25) is 14.4 Å². The average Bonchev–Trinajstić information content (AvgIpc) is 3.55. The molecular formula is C33H30ClF4N7O5. The molecule has 0 saturated carbocycles. The maximum Gasteiger partial charge on any atom is 0.416 e. The van der Waals surface area contributed by atoms with Gasteiger partial charge in [-0.15, -0.1) is 5.10 Å². The van der Waals surface area contributed by atoms with Crippen molar-refractivity contribution in [2.75, 3.05) is 31.6 Å². The second-order valence-corrected chi connectivity index (χ2v) is 13.0. The van der Waals surface area contributed by atoms with Crippen LogP contribution in [0.5, 0.6) is 5.75 Å². The number of aromatic nitrogens is 5. The Morgan fingerprint density at radius 2 is 1.92 bits per heavy atom. The van der Waals surface area contributed by atoms with Gasteiger partial charge in [0, 0.05) is 36.0 Å². The summed E-state index contributed by atoms with van der Waals surface area (Å²) >= 11 is 6.00. The normalized spacial score (nSPS) is 17.5. The Morgan fingerprint density at radius 3 is 2.60 bits per heavy atom. The quantitative estimate of drug-likeness (QED) is 0.282. The summed E-state index contributed by atoms with van der Waals surface area (Å²) in [4.78, 5) is 51.4. The average molecular weight is 716 g/mol. The summed E-state index contributed by atoms with van der Waals surface area (Å²) in [6, 6.07) is 3.69. The van der Waals surface area contributed by atoms with Crippen molar-refractivity contribution in [3.05, 3.63) is 86.1 Å². The van der Waals surface area contributed by atoms with E-state index in [-0.39, 0.29) is 42.2 Å². The maximum atomic E-state index is 14.9. The van der Waals surface area contributed by atoms with E-state index >= 15 is 0 Å². The highest BCUT2D eigenvalue weighted by molar-refractivity contribution is 6.33. The third kappa shape index (κ3) is 5.99. The molecule has 1 fully saturated rings. The van der Waals surface area contributed by atoms with Crippen LogP contribution in [0.15, 0.2) is 41.3 Å². The number of hydrogen-bond donors (Lipinski definition) is 2. The number of likely N-dealkylation sites (tertiary alicyclic amines) is 1. The van der Waals surface area contributed by atoms with Gasteiger partial charge in [-0.2, -0.15) is 22.7 Å². The Labute approximate surface area is 286 Å². The van der Waals surface area contributed by atoms with Crippen LogP contribution in [0, 0.1) is 5.82 Å².